The summed E-state index contributed by atoms with van der Waals surface area (Å²) in [6.07, 6.45) is 0. The van der Waals surface area contributed by atoms with Crippen LogP contribution in [-0.2, 0) is 11.4 Å². The van der Waals surface area contributed by atoms with Gasteiger partial charge in [-0.1, -0.05) is 36.4 Å². The average molecular weight is 422 g/mol. The molecule has 2 unspecified atom stereocenters. The number of hydrogen-bond acceptors (Lipinski definition) is 4. The Morgan fingerprint density at radius 1 is 0.967 bits per heavy atom. The van der Waals surface area contributed by atoms with Crippen LogP contribution in [0.1, 0.15) is 43.5 Å². The Labute approximate surface area is 180 Å². The van der Waals surface area contributed by atoms with Crippen LogP contribution in [0.4, 0.5) is 15.8 Å². The minimum atomic E-state index is -1.37. The van der Waals surface area contributed by atoms with Crippen molar-refractivity contribution >= 4 is 22.7 Å². The van der Waals surface area contributed by atoms with Gasteiger partial charge in [0.25, 0.3) is 0 Å². The highest BCUT2D eigenvalue weighted by Gasteiger charge is 2.31. The van der Waals surface area contributed by atoms with Gasteiger partial charge in [0.1, 0.15) is 16.6 Å². The molecule has 30 heavy (non-hydrogen) atoms. The fourth-order valence-corrected chi connectivity index (χ4v) is 3.74. The van der Waals surface area contributed by atoms with Gasteiger partial charge in [0.2, 0.25) is 0 Å². The van der Waals surface area contributed by atoms with Crippen LogP contribution in [-0.4, -0.2) is 9.30 Å². The summed E-state index contributed by atoms with van der Waals surface area (Å²) in [5.74, 6) is -0.385. The quantitative estimate of drug-likeness (QED) is 0.510. The smallest absolute Gasteiger partial charge is 0.146 e. The molecule has 0 bridgehead atoms. The number of rotatable bonds is 6. The van der Waals surface area contributed by atoms with Gasteiger partial charge in [0.05, 0.1) is 17.3 Å². The molecule has 4 nitrogen and oxygen atoms in total. The molecule has 0 spiro atoms. The Bertz CT molecular complexity index is 1040. The Kier molecular flexibility index (Phi) is 6.78. The summed E-state index contributed by atoms with van der Waals surface area (Å²) in [7, 11) is 0. The maximum Gasteiger partial charge on any atom is 0.146 e. The zero-order valence-electron chi connectivity index (χ0n) is 17.1. The van der Waals surface area contributed by atoms with Crippen molar-refractivity contribution in [2.75, 3.05) is 5.32 Å². The molecule has 0 aliphatic heterocycles. The lowest BCUT2D eigenvalue weighted by atomic mass is 9.97. The van der Waals surface area contributed by atoms with E-state index in [1.54, 1.807) is 30.3 Å². The van der Waals surface area contributed by atoms with Crippen LogP contribution in [0.5, 0.6) is 0 Å². The molecule has 0 aliphatic carbocycles. The standard InChI is InChI=1S/C24H24FN3OS/c1-24(2,3)30(29)28-23(18-9-7-8-17(14-18)16-26)19-12-13-21(25)22(15-19)27-20-10-5-4-6-11-20/h4-15,23,27-28H,1-3H3. The Morgan fingerprint density at radius 3 is 2.33 bits per heavy atom. The van der Waals surface area contributed by atoms with Crippen LogP contribution in [0, 0.1) is 17.1 Å². The van der Waals surface area contributed by atoms with Crippen LogP contribution in [0.2, 0.25) is 0 Å². The highest BCUT2D eigenvalue weighted by Crippen LogP contribution is 2.30. The van der Waals surface area contributed by atoms with Crippen molar-refractivity contribution in [2.45, 2.75) is 31.6 Å². The zero-order valence-corrected chi connectivity index (χ0v) is 18.0. The molecule has 0 aromatic heterocycles. The average Bonchev–Trinajstić information content (AvgIpc) is 2.73. The number of hydrogen-bond donors (Lipinski definition) is 2. The van der Waals surface area contributed by atoms with Gasteiger partial charge in [-0.25, -0.2) is 4.39 Å². The van der Waals surface area contributed by atoms with Crippen LogP contribution in [0.3, 0.4) is 0 Å². The van der Waals surface area contributed by atoms with Gasteiger partial charge in [-0.2, -0.15) is 5.26 Å². The van der Waals surface area contributed by atoms with E-state index in [-0.39, 0.29) is 5.82 Å². The molecule has 3 aromatic rings. The summed E-state index contributed by atoms with van der Waals surface area (Å²) in [6, 6.07) is 22.9. The van der Waals surface area contributed by atoms with Crippen molar-refractivity contribution in [3.63, 3.8) is 0 Å². The summed E-state index contributed by atoms with van der Waals surface area (Å²) in [6.45, 7) is 5.64. The van der Waals surface area contributed by atoms with Crippen molar-refractivity contribution in [3.8, 4) is 6.07 Å². The van der Waals surface area contributed by atoms with Gasteiger partial charge in [-0.15, -0.1) is 4.72 Å². The molecule has 3 aromatic carbocycles. The maximum atomic E-state index is 14.5. The molecule has 6 heteroatoms. The van der Waals surface area contributed by atoms with E-state index >= 15 is 0 Å². The van der Waals surface area contributed by atoms with E-state index in [4.69, 9.17) is 0 Å². The van der Waals surface area contributed by atoms with E-state index in [9.17, 15) is 14.2 Å². The summed E-state index contributed by atoms with van der Waals surface area (Å²) >= 11 is -1.37. The molecule has 0 amide bonds. The second-order valence-electron chi connectivity index (χ2n) is 7.90. The zero-order chi connectivity index (χ0) is 21.7. The van der Waals surface area contributed by atoms with Gasteiger partial charge >= 0.3 is 0 Å². The third kappa shape index (κ3) is 5.39. The fourth-order valence-electron chi connectivity index (χ4n) is 2.90. The first-order valence-corrected chi connectivity index (χ1v) is 10.7. The predicted molar refractivity (Wildman–Crippen MR) is 120 cm³/mol. The van der Waals surface area contributed by atoms with Crippen molar-refractivity contribution in [2.24, 2.45) is 0 Å². The summed E-state index contributed by atoms with van der Waals surface area (Å²) < 4.78 is 30.0. The Morgan fingerprint density at radius 2 is 1.67 bits per heavy atom. The first-order valence-electron chi connectivity index (χ1n) is 9.57. The second kappa shape index (κ2) is 9.31. The van der Waals surface area contributed by atoms with Crippen LogP contribution in [0.15, 0.2) is 72.8 Å². The van der Waals surface area contributed by atoms with Gasteiger partial charge in [-0.3, -0.25) is 0 Å². The van der Waals surface area contributed by atoms with Crippen molar-refractivity contribution in [3.05, 3.63) is 95.3 Å². The summed E-state index contributed by atoms with van der Waals surface area (Å²) in [5.41, 5.74) is 3.11. The number of benzene rings is 3. The van der Waals surface area contributed by atoms with Gasteiger partial charge < -0.3 is 9.87 Å². The van der Waals surface area contributed by atoms with E-state index in [0.717, 1.165) is 16.8 Å². The first-order chi connectivity index (χ1) is 14.3. The normalized spacial score (nSPS) is 13.3. The maximum absolute atomic E-state index is 14.5. The molecule has 0 saturated heterocycles. The van der Waals surface area contributed by atoms with Gasteiger partial charge in [-0.05, 0) is 68.3 Å². The SMILES string of the molecule is CC(C)(C)[S+]([O-])NC(c1cccc(C#N)c1)c1ccc(F)c(Nc2ccccc2)c1. The van der Waals surface area contributed by atoms with Gasteiger partial charge in [0.15, 0.2) is 0 Å². The fraction of sp³-hybridized carbons (Fsp3) is 0.208. The lowest BCUT2D eigenvalue weighted by Crippen LogP contribution is -2.41. The molecule has 2 N–H and O–H groups in total. The lowest BCUT2D eigenvalue weighted by molar-refractivity contribution is 0.535. The Hall–Kier alpha value is -2.85. The Balaban J connectivity index is 2.02. The third-order valence-electron chi connectivity index (χ3n) is 4.51. The topological polar surface area (TPSA) is 70.9 Å². The molecular formula is C24H24FN3OS. The highest BCUT2D eigenvalue weighted by molar-refractivity contribution is 7.90. The first kappa shape index (κ1) is 21.8. The molecule has 0 saturated carbocycles. The molecule has 0 aliphatic rings. The van der Waals surface area contributed by atoms with Crippen LogP contribution in [0.25, 0.3) is 0 Å². The third-order valence-corrected chi connectivity index (χ3v) is 6.07. The molecule has 2 atom stereocenters. The molecule has 154 valence electrons. The van der Waals surface area contributed by atoms with E-state index in [0.29, 0.717) is 11.3 Å². The number of nitrogens with one attached hydrogen (secondary N) is 2. The predicted octanol–water partition coefficient (Wildman–Crippen LogP) is 5.58. The highest BCUT2D eigenvalue weighted by atomic mass is 32.2. The number of halogens is 1. The number of para-hydroxylation sites is 1. The van der Waals surface area contributed by atoms with E-state index in [1.165, 1.54) is 6.07 Å². The van der Waals surface area contributed by atoms with E-state index in [1.807, 2.05) is 57.2 Å². The van der Waals surface area contributed by atoms with Crippen molar-refractivity contribution in [1.29, 1.82) is 5.26 Å². The molecule has 0 heterocycles. The molecular weight excluding hydrogens is 397 g/mol. The summed E-state index contributed by atoms with van der Waals surface area (Å²) in [5, 5.41) is 12.4. The monoisotopic (exact) mass is 421 g/mol. The number of anilines is 2. The lowest BCUT2D eigenvalue weighted by Gasteiger charge is -2.28. The minimum absolute atomic E-state index is 0.323. The van der Waals surface area contributed by atoms with Crippen LogP contribution < -0.4 is 10.0 Å². The van der Waals surface area contributed by atoms with Crippen molar-refractivity contribution in [1.82, 2.24) is 4.72 Å². The summed E-state index contributed by atoms with van der Waals surface area (Å²) in [4.78, 5) is 0. The molecule has 0 fully saturated rings. The largest absolute Gasteiger partial charge is 0.598 e. The molecule has 0 radical (unpaired) electrons. The number of nitriles is 1. The van der Waals surface area contributed by atoms with Crippen molar-refractivity contribution < 1.29 is 8.94 Å². The minimum Gasteiger partial charge on any atom is -0.598 e. The molecule has 3 rings (SSSR count). The van der Waals surface area contributed by atoms with Crippen LogP contribution >= 0.6 is 0 Å². The van der Waals surface area contributed by atoms with E-state index in [2.05, 4.69) is 16.1 Å². The number of nitrogens with zero attached hydrogens (tertiary/aromatic N) is 1. The van der Waals surface area contributed by atoms with E-state index < -0.39 is 22.2 Å². The second-order valence-corrected chi connectivity index (χ2v) is 9.90. The van der Waals surface area contributed by atoms with Gasteiger partial charge in [0, 0.05) is 17.0 Å².